The summed E-state index contributed by atoms with van der Waals surface area (Å²) < 4.78 is 12.9. The fraction of sp³-hybridized carbons (Fsp3) is 0.118. The number of nitriles is 1. The second-order valence-corrected chi connectivity index (χ2v) is 4.95. The van der Waals surface area contributed by atoms with Crippen molar-refractivity contribution in [2.75, 3.05) is 0 Å². The topological polar surface area (TPSA) is 96.0 Å². The number of benzene rings is 2. The fourth-order valence-corrected chi connectivity index (χ4v) is 2.02. The lowest BCUT2D eigenvalue weighted by molar-refractivity contribution is -0.119. The molecule has 0 heterocycles. The lowest BCUT2D eigenvalue weighted by Gasteiger charge is -2.15. The number of primary amides is 1. The quantitative estimate of drug-likeness (QED) is 0.876. The van der Waals surface area contributed by atoms with E-state index in [2.05, 4.69) is 5.32 Å². The van der Waals surface area contributed by atoms with Gasteiger partial charge in [0.05, 0.1) is 11.6 Å². The molecule has 2 amide bonds. The van der Waals surface area contributed by atoms with E-state index in [9.17, 15) is 14.0 Å². The van der Waals surface area contributed by atoms with Crippen molar-refractivity contribution in [2.24, 2.45) is 5.73 Å². The standard InChI is InChI=1S/C17H14FN3O2/c18-14-7-3-11(4-8-14)9-15(16(20)22)21-17(23)13-5-1-12(10-19)2-6-13/h1-8,15H,9H2,(H2,20,22)(H,21,23)/t15-/m1/s1. The van der Waals surface area contributed by atoms with Crippen molar-refractivity contribution in [3.05, 3.63) is 71.0 Å². The first-order chi connectivity index (χ1) is 11.0. The normalized spacial score (nSPS) is 11.3. The molecule has 0 aliphatic rings. The molecule has 116 valence electrons. The van der Waals surface area contributed by atoms with Crippen molar-refractivity contribution in [3.63, 3.8) is 0 Å². The first-order valence-electron chi connectivity index (χ1n) is 6.84. The molecule has 2 aromatic carbocycles. The number of carbonyl (C=O) groups excluding carboxylic acids is 2. The average molecular weight is 311 g/mol. The number of nitrogens with two attached hydrogens (primary N) is 1. The van der Waals surface area contributed by atoms with E-state index in [1.54, 1.807) is 0 Å². The summed E-state index contributed by atoms with van der Waals surface area (Å²) in [6.07, 6.45) is 0.164. The summed E-state index contributed by atoms with van der Waals surface area (Å²) in [4.78, 5) is 23.7. The minimum Gasteiger partial charge on any atom is -0.368 e. The summed E-state index contributed by atoms with van der Waals surface area (Å²) in [6.45, 7) is 0. The molecule has 3 N–H and O–H groups in total. The third kappa shape index (κ3) is 4.38. The molecular weight excluding hydrogens is 297 g/mol. The second kappa shape index (κ2) is 7.18. The van der Waals surface area contributed by atoms with E-state index >= 15 is 0 Å². The molecule has 0 spiro atoms. The van der Waals surface area contributed by atoms with Gasteiger partial charge in [-0.3, -0.25) is 9.59 Å². The highest BCUT2D eigenvalue weighted by Gasteiger charge is 2.19. The number of carbonyl (C=O) groups is 2. The molecule has 0 aliphatic heterocycles. The Morgan fingerprint density at radius 3 is 2.26 bits per heavy atom. The van der Waals surface area contributed by atoms with Gasteiger partial charge in [0.1, 0.15) is 11.9 Å². The van der Waals surface area contributed by atoms with Crippen molar-refractivity contribution in [2.45, 2.75) is 12.5 Å². The molecule has 6 heteroatoms. The smallest absolute Gasteiger partial charge is 0.251 e. The molecule has 2 aromatic rings. The van der Waals surface area contributed by atoms with Crippen LogP contribution in [-0.4, -0.2) is 17.9 Å². The minimum atomic E-state index is -0.913. The van der Waals surface area contributed by atoms with Crippen LogP contribution in [0.1, 0.15) is 21.5 Å². The summed E-state index contributed by atoms with van der Waals surface area (Å²) >= 11 is 0. The van der Waals surface area contributed by atoms with Gasteiger partial charge in [0.25, 0.3) is 5.91 Å². The van der Waals surface area contributed by atoms with Gasteiger partial charge in [-0.15, -0.1) is 0 Å². The number of halogens is 1. The Morgan fingerprint density at radius 2 is 1.74 bits per heavy atom. The van der Waals surface area contributed by atoms with Crippen molar-refractivity contribution in [1.82, 2.24) is 5.32 Å². The summed E-state index contributed by atoms with van der Waals surface area (Å²) in [5.74, 6) is -1.54. The van der Waals surface area contributed by atoms with E-state index in [-0.39, 0.29) is 12.2 Å². The van der Waals surface area contributed by atoms with Crippen LogP contribution in [0.2, 0.25) is 0 Å². The zero-order valence-corrected chi connectivity index (χ0v) is 12.1. The first-order valence-corrected chi connectivity index (χ1v) is 6.84. The average Bonchev–Trinajstić information content (AvgIpc) is 2.56. The zero-order chi connectivity index (χ0) is 16.8. The molecule has 2 rings (SSSR count). The Kier molecular flexibility index (Phi) is 5.05. The van der Waals surface area contributed by atoms with Gasteiger partial charge in [-0.1, -0.05) is 12.1 Å². The van der Waals surface area contributed by atoms with Crippen LogP contribution in [0.15, 0.2) is 48.5 Å². The number of nitrogens with zero attached hydrogens (tertiary/aromatic N) is 1. The molecular formula is C17H14FN3O2. The van der Waals surface area contributed by atoms with Gasteiger partial charge in [0.15, 0.2) is 0 Å². The summed E-state index contributed by atoms with van der Waals surface area (Å²) in [5.41, 5.74) is 6.74. The van der Waals surface area contributed by atoms with E-state index < -0.39 is 17.9 Å². The predicted octanol–water partition coefficient (Wildman–Crippen LogP) is 1.52. The summed E-state index contributed by atoms with van der Waals surface area (Å²) in [5, 5.41) is 11.3. The lowest BCUT2D eigenvalue weighted by atomic mass is 10.0. The second-order valence-electron chi connectivity index (χ2n) is 4.95. The summed E-state index contributed by atoms with van der Waals surface area (Å²) in [6, 6.07) is 12.6. The molecule has 0 radical (unpaired) electrons. The zero-order valence-electron chi connectivity index (χ0n) is 12.1. The number of hydrogen-bond donors (Lipinski definition) is 2. The molecule has 0 fully saturated rings. The van der Waals surface area contributed by atoms with Crippen LogP contribution in [0.5, 0.6) is 0 Å². The van der Waals surface area contributed by atoms with Crippen LogP contribution in [-0.2, 0) is 11.2 Å². The van der Waals surface area contributed by atoms with Crippen LogP contribution in [0.25, 0.3) is 0 Å². The van der Waals surface area contributed by atoms with Crippen molar-refractivity contribution < 1.29 is 14.0 Å². The third-order valence-corrected chi connectivity index (χ3v) is 3.28. The number of amides is 2. The lowest BCUT2D eigenvalue weighted by Crippen LogP contribution is -2.45. The molecule has 0 aliphatic carbocycles. The maximum absolute atomic E-state index is 12.9. The van der Waals surface area contributed by atoms with Crippen LogP contribution in [0, 0.1) is 17.1 Å². The third-order valence-electron chi connectivity index (χ3n) is 3.28. The van der Waals surface area contributed by atoms with Crippen molar-refractivity contribution in [1.29, 1.82) is 5.26 Å². The molecule has 0 saturated heterocycles. The highest BCUT2D eigenvalue weighted by atomic mass is 19.1. The van der Waals surface area contributed by atoms with Crippen LogP contribution < -0.4 is 11.1 Å². The van der Waals surface area contributed by atoms with Crippen molar-refractivity contribution >= 4 is 11.8 Å². The Morgan fingerprint density at radius 1 is 1.13 bits per heavy atom. The summed E-state index contributed by atoms with van der Waals surface area (Å²) in [7, 11) is 0. The van der Waals surface area contributed by atoms with Crippen LogP contribution >= 0.6 is 0 Å². The number of rotatable bonds is 5. The Labute approximate surface area is 132 Å². The van der Waals surface area contributed by atoms with E-state index in [0.717, 1.165) is 0 Å². The minimum absolute atomic E-state index is 0.164. The largest absolute Gasteiger partial charge is 0.368 e. The van der Waals surface area contributed by atoms with Gasteiger partial charge < -0.3 is 11.1 Å². The van der Waals surface area contributed by atoms with Gasteiger partial charge in [-0.25, -0.2) is 4.39 Å². The van der Waals surface area contributed by atoms with Gasteiger partial charge in [0.2, 0.25) is 5.91 Å². The molecule has 0 bridgehead atoms. The van der Waals surface area contributed by atoms with E-state index in [0.29, 0.717) is 16.7 Å². The van der Waals surface area contributed by atoms with E-state index in [4.69, 9.17) is 11.0 Å². The Hall–Kier alpha value is -3.20. The first kappa shape index (κ1) is 16.2. The fourth-order valence-electron chi connectivity index (χ4n) is 2.02. The number of hydrogen-bond acceptors (Lipinski definition) is 3. The van der Waals surface area contributed by atoms with Gasteiger partial charge in [0, 0.05) is 12.0 Å². The molecule has 0 aromatic heterocycles. The van der Waals surface area contributed by atoms with Gasteiger partial charge >= 0.3 is 0 Å². The van der Waals surface area contributed by atoms with Crippen LogP contribution in [0.4, 0.5) is 4.39 Å². The number of nitrogens with one attached hydrogen (secondary N) is 1. The molecule has 23 heavy (non-hydrogen) atoms. The van der Waals surface area contributed by atoms with Crippen molar-refractivity contribution in [3.8, 4) is 6.07 Å². The SMILES string of the molecule is N#Cc1ccc(C(=O)N[C@H](Cc2ccc(F)cc2)C(N)=O)cc1. The molecule has 0 saturated carbocycles. The Balaban J connectivity index is 2.09. The molecule has 0 unspecified atom stereocenters. The highest BCUT2D eigenvalue weighted by molar-refractivity contribution is 5.97. The van der Waals surface area contributed by atoms with Gasteiger partial charge in [-0.2, -0.15) is 5.26 Å². The maximum atomic E-state index is 12.9. The monoisotopic (exact) mass is 311 g/mol. The molecule has 1 atom stereocenters. The molecule has 5 nitrogen and oxygen atoms in total. The van der Waals surface area contributed by atoms with E-state index in [1.165, 1.54) is 48.5 Å². The predicted molar refractivity (Wildman–Crippen MR) is 81.7 cm³/mol. The van der Waals surface area contributed by atoms with E-state index in [1.807, 2.05) is 6.07 Å². The maximum Gasteiger partial charge on any atom is 0.251 e. The highest BCUT2D eigenvalue weighted by Crippen LogP contribution is 2.08. The van der Waals surface area contributed by atoms with Crippen LogP contribution in [0.3, 0.4) is 0 Å². The van der Waals surface area contributed by atoms with Gasteiger partial charge in [-0.05, 0) is 42.0 Å². The Bertz CT molecular complexity index is 749.